The second-order valence-corrected chi connectivity index (χ2v) is 7.05. The van der Waals surface area contributed by atoms with Gasteiger partial charge in [0.15, 0.2) is 0 Å². The molecule has 0 saturated heterocycles. The van der Waals surface area contributed by atoms with Gasteiger partial charge in [0.1, 0.15) is 5.00 Å². The summed E-state index contributed by atoms with van der Waals surface area (Å²) >= 11 is 13.8. The minimum absolute atomic E-state index is 0.420. The predicted octanol–water partition coefficient (Wildman–Crippen LogP) is 4.78. The number of aryl methyl sites for hydroxylation is 1. The number of rotatable bonds is 3. The minimum Gasteiger partial charge on any atom is -0.365 e. The highest BCUT2D eigenvalue weighted by atomic mass is 35.5. The van der Waals surface area contributed by atoms with E-state index in [2.05, 4.69) is 4.99 Å². The molecule has 22 heavy (non-hydrogen) atoms. The van der Waals surface area contributed by atoms with Crippen LogP contribution >= 0.6 is 34.5 Å². The summed E-state index contributed by atoms with van der Waals surface area (Å²) in [5.41, 5.74) is 7.82. The fourth-order valence-electron chi connectivity index (χ4n) is 2.65. The van der Waals surface area contributed by atoms with Gasteiger partial charge in [0, 0.05) is 16.7 Å². The van der Waals surface area contributed by atoms with Gasteiger partial charge in [-0.05, 0) is 43.4 Å². The second kappa shape index (κ2) is 6.41. The van der Waals surface area contributed by atoms with Gasteiger partial charge in [-0.15, -0.1) is 11.3 Å². The Morgan fingerprint density at radius 3 is 2.59 bits per heavy atom. The maximum Gasteiger partial charge on any atom is 0.252 e. The third-order valence-corrected chi connectivity index (χ3v) is 5.57. The lowest BCUT2D eigenvalue weighted by molar-refractivity contribution is 0.100. The summed E-state index contributed by atoms with van der Waals surface area (Å²) in [6.07, 6.45) is 5.72. The van der Waals surface area contributed by atoms with E-state index in [1.54, 1.807) is 24.4 Å². The predicted molar refractivity (Wildman–Crippen MR) is 93.2 cm³/mol. The van der Waals surface area contributed by atoms with E-state index in [9.17, 15) is 4.79 Å². The number of fused-ring (bicyclic) bond motifs is 1. The van der Waals surface area contributed by atoms with Gasteiger partial charge >= 0.3 is 0 Å². The van der Waals surface area contributed by atoms with Crippen LogP contribution in [0.1, 0.15) is 39.2 Å². The topological polar surface area (TPSA) is 55.5 Å². The van der Waals surface area contributed by atoms with E-state index in [0.29, 0.717) is 26.2 Å². The molecule has 0 aliphatic heterocycles. The Morgan fingerprint density at radius 2 is 1.91 bits per heavy atom. The molecule has 1 amide bonds. The highest BCUT2D eigenvalue weighted by molar-refractivity contribution is 7.16. The van der Waals surface area contributed by atoms with Crippen molar-refractivity contribution in [1.29, 1.82) is 0 Å². The molecule has 1 aliphatic carbocycles. The summed E-state index contributed by atoms with van der Waals surface area (Å²) in [4.78, 5) is 17.5. The molecule has 0 saturated carbocycles. The molecule has 0 radical (unpaired) electrons. The van der Waals surface area contributed by atoms with E-state index in [-0.39, 0.29) is 0 Å². The SMILES string of the molecule is NC(=O)c1c(N=Cc2c(Cl)cccc2Cl)sc2c1CCCC2. The molecular formula is C16H14Cl2N2OS. The van der Waals surface area contributed by atoms with E-state index in [1.807, 2.05) is 0 Å². The Kier molecular flexibility index (Phi) is 4.52. The molecule has 0 fully saturated rings. The number of primary amides is 1. The summed E-state index contributed by atoms with van der Waals surface area (Å²) < 4.78 is 0. The van der Waals surface area contributed by atoms with Gasteiger partial charge in [0.05, 0.1) is 15.6 Å². The number of nitrogens with zero attached hydrogens (tertiary/aromatic N) is 1. The Hall–Kier alpha value is -1.36. The number of carbonyl (C=O) groups is 1. The highest BCUT2D eigenvalue weighted by Gasteiger charge is 2.23. The number of carbonyl (C=O) groups excluding carboxylic acids is 1. The summed E-state index contributed by atoms with van der Waals surface area (Å²) in [5.74, 6) is -0.420. The van der Waals surface area contributed by atoms with Crippen LogP contribution in [0.3, 0.4) is 0 Å². The fourth-order valence-corrected chi connectivity index (χ4v) is 4.39. The molecule has 1 aliphatic rings. The molecule has 1 aromatic heterocycles. The van der Waals surface area contributed by atoms with E-state index in [4.69, 9.17) is 28.9 Å². The first-order valence-electron chi connectivity index (χ1n) is 7.00. The van der Waals surface area contributed by atoms with Crippen LogP contribution in [0.4, 0.5) is 5.00 Å². The van der Waals surface area contributed by atoms with Crippen molar-refractivity contribution in [3.8, 4) is 0 Å². The van der Waals surface area contributed by atoms with Crippen molar-refractivity contribution in [1.82, 2.24) is 0 Å². The normalized spacial score (nSPS) is 14.3. The molecule has 114 valence electrons. The number of aliphatic imine (C=N–C) groups is 1. The quantitative estimate of drug-likeness (QED) is 0.793. The van der Waals surface area contributed by atoms with E-state index >= 15 is 0 Å². The van der Waals surface area contributed by atoms with Gasteiger partial charge < -0.3 is 5.73 Å². The lowest BCUT2D eigenvalue weighted by Crippen LogP contribution is -2.14. The molecule has 2 aromatic rings. The number of thiophene rings is 1. The Labute approximate surface area is 142 Å². The van der Waals surface area contributed by atoms with Crippen LogP contribution in [0.15, 0.2) is 23.2 Å². The molecule has 0 atom stereocenters. The van der Waals surface area contributed by atoms with Crippen molar-refractivity contribution in [3.63, 3.8) is 0 Å². The van der Waals surface area contributed by atoms with Crippen molar-refractivity contribution in [2.75, 3.05) is 0 Å². The number of benzene rings is 1. The molecular weight excluding hydrogens is 339 g/mol. The van der Waals surface area contributed by atoms with Crippen molar-refractivity contribution in [2.24, 2.45) is 10.7 Å². The number of amides is 1. The maximum atomic E-state index is 11.8. The zero-order valence-electron chi connectivity index (χ0n) is 11.7. The summed E-state index contributed by atoms with van der Waals surface area (Å²) in [6.45, 7) is 0. The number of nitrogens with two attached hydrogens (primary N) is 1. The zero-order valence-corrected chi connectivity index (χ0v) is 14.1. The van der Waals surface area contributed by atoms with Gasteiger partial charge in [-0.25, -0.2) is 4.99 Å². The second-order valence-electron chi connectivity index (χ2n) is 5.15. The van der Waals surface area contributed by atoms with Gasteiger partial charge in [-0.1, -0.05) is 29.3 Å². The number of hydrogen-bond donors (Lipinski definition) is 1. The smallest absolute Gasteiger partial charge is 0.252 e. The molecule has 3 rings (SSSR count). The molecule has 1 heterocycles. The zero-order chi connectivity index (χ0) is 15.7. The lowest BCUT2D eigenvalue weighted by Gasteiger charge is -2.10. The van der Waals surface area contributed by atoms with Crippen LogP contribution in [0, 0.1) is 0 Å². The number of halogens is 2. The fraction of sp³-hybridized carbons (Fsp3) is 0.250. The van der Waals surface area contributed by atoms with Crippen molar-refractivity contribution in [3.05, 3.63) is 49.8 Å². The first-order valence-corrected chi connectivity index (χ1v) is 8.57. The molecule has 0 spiro atoms. The molecule has 0 bridgehead atoms. The van der Waals surface area contributed by atoms with Crippen LogP contribution in [0.25, 0.3) is 0 Å². The van der Waals surface area contributed by atoms with Crippen LogP contribution < -0.4 is 5.73 Å². The maximum absolute atomic E-state index is 11.8. The van der Waals surface area contributed by atoms with E-state index in [0.717, 1.165) is 31.2 Å². The molecule has 3 nitrogen and oxygen atoms in total. The standard InChI is InChI=1S/C16H14Cl2N2OS/c17-11-5-3-6-12(18)10(11)8-20-16-14(15(19)21)9-4-1-2-7-13(9)22-16/h3,5-6,8H,1-2,4,7H2,(H2,19,21). The first kappa shape index (κ1) is 15.5. The molecule has 0 unspecified atom stereocenters. The molecule has 2 N–H and O–H groups in total. The number of hydrogen-bond acceptors (Lipinski definition) is 3. The van der Waals surface area contributed by atoms with Crippen LogP contribution in [-0.2, 0) is 12.8 Å². The van der Waals surface area contributed by atoms with E-state index < -0.39 is 5.91 Å². The lowest BCUT2D eigenvalue weighted by atomic mass is 9.95. The largest absolute Gasteiger partial charge is 0.365 e. The van der Waals surface area contributed by atoms with Crippen LogP contribution in [-0.4, -0.2) is 12.1 Å². The van der Waals surface area contributed by atoms with Gasteiger partial charge in [-0.2, -0.15) is 0 Å². The average molecular weight is 353 g/mol. The van der Waals surface area contributed by atoms with Crippen LogP contribution in [0.5, 0.6) is 0 Å². The van der Waals surface area contributed by atoms with Crippen molar-refractivity contribution in [2.45, 2.75) is 25.7 Å². The third kappa shape index (κ3) is 2.91. The van der Waals surface area contributed by atoms with E-state index in [1.165, 1.54) is 16.2 Å². The van der Waals surface area contributed by atoms with Crippen LogP contribution in [0.2, 0.25) is 10.0 Å². The Bertz CT molecular complexity index is 747. The van der Waals surface area contributed by atoms with Gasteiger partial charge in [-0.3, -0.25) is 4.79 Å². The monoisotopic (exact) mass is 352 g/mol. The minimum atomic E-state index is -0.420. The first-order chi connectivity index (χ1) is 10.6. The summed E-state index contributed by atoms with van der Waals surface area (Å²) in [5, 5.41) is 1.70. The highest BCUT2D eigenvalue weighted by Crippen LogP contribution is 2.39. The van der Waals surface area contributed by atoms with Crippen molar-refractivity contribution < 1.29 is 4.79 Å². The third-order valence-electron chi connectivity index (χ3n) is 3.71. The van der Waals surface area contributed by atoms with Gasteiger partial charge in [0.25, 0.3) is 5.91 Å². The molecule has 6 heteroatoms. The molecule has 1 aromatic carbocycles. The van der Waals surface area contributed by atoms with Crippen molar-refractivity contribution >= 4 is 51.7 Å². The van der Waals surface area contributed by atoms with Gasteiger partial charge in [0.2, 0.25) is 0 Å². The Balaban J connectivity index is 2.04. The summed E-state index contributed by atoms with van der Waals surface area (Å²) in [7, 11) is 0. The Morgan fingerprint density at radius 1 is 1.23 bits per heavy atom. The summed E-state index contributed by atoms with van der Waals surface area (Å²) in [6, 6.07) is 5.28. The average Bonchev–Trinajstić information content (AvgIpc) is 2.85.